The van der Waals surface area contributed by atoms with E-state index in [1.807, 2.05) is 11.9 Å². The van der Waals surface area contributed by atoms with Crippen LogP contribution in [0, 0.1) is 0 Å². The van der Waals surface area contributed by atoms with Gasteiger partial charge in [-0.2, -0.15) is 0 Å². The summed E-state index contributed by atoms with van der Waals surface area (Å²) in [7, 11) is 1.88. The highest BCUT2D eigenvalue weighted by Crippen LogP contribution is 2.11. The Balaban J connectivity index is 2.14. The van der Waals surface area contributed by atoms with Gasteiger partial charge in [0.25, 0.3) is 0 Å². The molecular formula is C13H26N2O. The Morgan fingerprint density at radius 2 is 2.19 bits per heavy atom. The highest BCUT2D eigenvalue weighted by atomic mass is 16.2. The quantitative estimate of drug-likeness (QED) is 0.675. The topological polar surface area (TPSA) is 32.3 Å². The first-order chi connectivity index (χ1) is 7.65. The number of hydrogen-bond acceptors (Lipinski definition) is 2. The zero-order valence-corrected chi connectivity index (χ0v) is 11.0. The maximum absolute atomic E-state index is 11.7. The number of rotatable bonds is 7. The van der Waals surface area contributed by atoms with Gasteiger partial charge in [-0.1, -0.05) is 32.6 Å². The summed E-state index contributed by atoms with van der Waals surface area (Å²) in [5, 5.41) is 3.44. The van der Waals surface area contributed by atoms with Gasteiger partial charge in [0, 0.05) is 19.6 Å². The molecule has 0 spiro atoms. The molecule has 2 unspecified atom stereocenters. The van der Waals surface area contributed by atoms with Gasteiger partial charge in [-0.25, -0.2) is 0 Å². The van der Waals surface area contributed by atoms with Crippen LogP contribution in [0.4, 0.5) is 0 Å². The molecule has 1 heterocycles. The van der Waals surface area contributed by atoms with Crippen LogP contribution in [0.3, 0.4) is 0 Å². The summed E-state index contributed by atoms with van der Waals surface area (Å²) in [6.07, 6.45) is 7.37. The first kappa shape index (κ1) is 13.5. The van der Waals surface area contributed by atoms with Gasteiger partial charge in [0.05, 0.1) is 6.04 Å². The Morgan fingerprint density at radius 3 is 2.75 bits per heavy atom. The van der Waals surface area contributed by atoms with Crippen LogP contribution < -0.4 is 5.32 Å². The summed E-state index contributed by atoms with van der Waals surface area (Å²) in [6.45, 7) is 5.32. The Kier molecular flexibility index (Phi) is 5.81. The number of carbonyl (C=O) groups is 1. The van der Waals surface area contributed by atoms with Crippen LogP contribution >= 0.6 is 0 Å². The third kappa shape index (κ3) is 4.12. The van der Waals surface area contributed by atoms with E-state index in [0.717, 1.165) is 13.0 Å². The van der Waals surface area contributed by atoms with Crippen molar-refractivity contribution in [2.75, 3.05) is 13.6 Å². The molecule has 1 fully saturated rings. The van der Waals surface area contributed by atoms with Crippen molar-refractivity contribution < 1.29 is 4.79 Å². The average Bonchev–Trinajstić information content (AvgIpc) is 2.56. The molecule has 2 atom stereocenters. The lowest BCUT2D eigenvalue weighted by molar-refractivity contribution is -0.128. The fourth-order valence-corrected chi connectivity index (χ4v) is 2.28. The molecule has 0 aromatic heterocycles. The van der Waals surface area contributed by atoms with Crippen molar-refractivity contribution in [2.45, 2.75) is 64.5 Å². The van der Waals surface area contributed by atoms with Gasteiger partial charge in [0.15, 0.2) is 0 Å². The van der Waals surface area contributed by atoms with Crippen LogP contribution in [0.1, 0.15) is 52.4 Å². The van der Waals surface area contributed by atoms with E-state index in [9.17, 15) is 4.79 Å². The molecular weight excluding hydrogens is 200 g/mol. The summed E-state index contributed by atoms with van der Waals surface area (Å²) in [6, 6.07) is 0.545. The van der Waals surface area contributed by atoms with E-state index in [2.05, 4.69) is 19.2 Å². The van der Waals surface area contributed by atoms with Crippen LogP contribution in [0.2, 0.25) is 0 Å². The molecule has 1 N–H and O–H groups in total. The maximum atomic E-state index is 11.7. The Bertz CT molecular complexity index is 218. The lowest BCUT2D eigenvalue weighted by Crippen LogP contribution is -2.41. The largest absolute Gasteiger partial charge is 0.344 e. The minimum Gasteiger partial charge on any atom is -0.344 e. The van der Waals surface area contributed by atoms with Crippen LogP contribution in [-0.2, 0) is 4.79 Å². The first-order valence-electron chi connectivity index (χ1n) is 6.66. The van der Waals surface area contributed by atoms with Gasteiger partial charge in [0.2, 0.25) is 5.91 Å². The second-order valence-corrected chi connectivity index (χ2v) is 5.02. The molecule has 0 radical (unpaired) electrons. The molecule has 1 rings (SSSR count). The van der Waals surface area contributed by atoms with E-state index in [-0.39, 0.29) is 11.9 Å². The zero-order valence-electron chi connectivity index (χ0n) is 11.0. The molecule has 16 heavy (non-hydrogen) atoms. The van der Waals surface area contributed by atoms with Gasteiger partial charge in [-0.3, -0.25) is 4.79 Å². The third-order valence-electron chi connectivity index (χ3n) is 3.40. The summed E-state index contributed by atoms with van der Waals surface area (Å²) < 4.78 is 0. The molecule has 1 aliphatic rings. The lowest BCUT2D eigenvalue weighted by atomic mass is 10.1. The van der Waals surface area contributed by atoms with E-state index in [0.29, 0.717) is 6.04 Å². The monoisotopic (exact) mass is 226 g/mol. The number of unbranched alkanes of at least 4 members (excludes halogenated alkanes) is 3. The van der Waals surface area contributed by atoms with E-state index in [1.165, 1.54) is 32.1 Å². The van der Waals surface area contributed by atoms with E-state index < -0.39 is 0 Å². The van der Waals surface area contributed by atoms with Crippen molar-refractivity contribution in [1.29, 1.82) is 0 Å². The van der Waals surface area contributed by atoms with Gasteiger partial charge >= 0.3 is 0 Å². The van der Waals surface area contributed by atoms with Crippen molar-refractivity contribution >= 4 is 5.91 Å². The van der Waals surface area contributed by atoms with E-state index in [1.54, 1.807) is 0 Å². The predicted octanol–water partition coefficient (Wildman–Crippen LogP) is 2.17. The molecule has 1 saturated heterocycles. The number of hydrogen-bond donors (Lipinski definition) is 1. The van der Waals surface area contributed by atoms with E-state index >= 15 is 0 Å². The van der Waals surface area contributed by atoms with Gasteiger partial charge in [-0.05, 0) is 19.8 Å². The standard InChI is InChI=1S/C13H26N2O/c1-4-5-6-7-8-11(2)14-12-9-10-15(3)13(12)16/h11-12,14H,4-10H2,1-3H3. The molecule has 3 nitrogen and oxygen atoms in total. The summed E-state index contributed by atoms with van der Waals surface area (Å²) in [5.74, 6) is 0.264. The highest BCUT2D eigenvalue weighted by molar-refractivity contribution is 5.83. The molecule has 0 bridgehead atoms. The fourth-order valence-electron chi connectivity index (χ4n) is 2.28. The maximum Gasteiger partial charge on any atom is 0.239 e. The summed E-state index contributed by atoms with van der Waals surface area (Å²) in [5.41, 5.74) is 0. The minimum atomic E-state index is 0.0752. The number of carbonyl (C=O) groups excluding carboxylic acids is 1. The number of likely N-dealkylation sites (N-methyl/N-ethyl adjacent to an activating group) is 1. The number of amides is 1. The average molecular weight is 226 g/mol. The van der Waals surface area contributed by atoms with Crippen LogP contribution in [0.5, 0.6) is 0 Å². The smallest absolute Gasteiger partial charge is 0.239 e. The molecule has 1 aliphatic heterocycles. The summed E-state index contributed by atoms with van der Waals surface area (Å²) >= 11 is 0. The first-order valence-corrected chi connectivity index (χ1v) is 6.66. The lowest BCUT2D eigenvalue weighted by Gasteiger charge is -2.18. The highest BCUT2D eigenvalue weighted by Gasteiger charge is 2.29. The van der Waals surface area contributed by atoms with Gasteiger partial charge in [-0.15, -0.1) is 0 Å². The van der Waals surface area contributed by atoms with E-state index in [4.69, 9.17) is 0 Å². The molecule has 0 aliphatic carbocycles. The normalized spacial score (nSPS) is 22.8. The Hall–Kier alpha value is -0.570. The molecule has 94 valence electrons. The van der Waals surface area contributed by atoms with Crippen LogP contribution in [0.25, 0.3) is 0 Å². The summed E-state index contributed by atoms with van der Waals surface area (Å²) in [4.78, 5) is 13.5. The Morgan fingerprint density at radius 1 is 1.44 bits per heavy atom. The minimum absolute atomic E-state index is 0.0752. The molecule has 0 aromatic rings. The van der Waals surface area contributed by atoms with Crippen molar-refractivity contribution in [1.82, 2.24) is 10.2 Å². The number of nitrogens with zero attached hydrogens (tertiary/aromatic N) is 1. The van der Waals surface area contributed by atoms with Crippen molar-refractivity contribution in [3.05, 3.63) is 0 Å². The SMILES string of the molecule is CCCCCCC(C)NC1CCN(C)C1=O. The molecule has 0 aromatic carbocycles. The predicted molar refractivity (Wildman–Crippen MR) is 67.4 cm³/mol. The third-order valence-corrected chi connectivity index (χ3v) is 3.40. The molecule has 1 amide bonds. The number of likely N-dealkylation sites (tertiary alicyclic amines) is 1. The van der Waals surface area contributed by atoms with Crippen molar-refractivity contribution in [3.8, 4) is 0 Å². The van der Waals surface area contributed by atoms with Crippen LogP contribution in [0.15, 0.2) is 0 Å². The van der Waals surface area contributed by atoms with Gasteiger partial charge < -0.3 is 10.2 Å². The molecule has 3 heteroatoms. The molecule has 0 saturated carbocycles. The van der Waals surface area contributed by atoms with Crippen molar-refractivity contribution in [3.63, 3.8) is 0 Å². The zero-order chi connectivity index (χ0) is 12.0. The van der Waals surface area contributed by atoms with Crippen LogP contribution in [-0.4, -0.2) is 36.5 Å². The van der Waals surface area contributed by atoms with Crippen molar-refractivity contribution in [2.24, 2.45) is 0 Å². The Labute approximate surface area is 99.6 Å². The second kappa shape index (κ2) is 6.89. The number of nitrogens with one attached hydrogen (secondary N) is 1. The van der Waals surface area contributed by atoms with Gasteiger partial charge in [0.1, 0.15) is 0 Å². The second-order valence-electron chi connectivity index (χ2n) is 5.02. The fraction of sp³-hybridized carbons (Fsp3) is 0.923.